The number of rotatable bonds is 7. The quantitative estimate of drug-likeness (QED) is 0.162. The summed E-state index contributed by atoms with van der Waals surface area (Å²) >= 11 is 0. The number of benzene rings is 9. The number of hydrogen-bond donors (Lipinski definition) is 0. The molecule has 9 aromatic carbocycles. The Labute approximate surface area is 315 Å². The van der Waals surface area contributed by atoms with E-state index >= 15 is 0 Å². The van der Waals surface area contributed by atoms with Crippen LogP contribution in [0.5, 0.6) is 0 Å². The van der Waals surface area contributed by atoms with Gasteiger partial charge in [0.25, 0.3) is 0 Å². The van der Waals surface area contributed by atoms with Gasteiger partial charge in [0.05, 0.1) is 11.0 Å². The lowest BCUT2D eigenvalue weighted by molar-refractivity contribution is 1.19. The molecule has 1 heterocycles. The van der Waals surface area contributed by atoms with Crippen molar-refractivity contribution in [1.29, 1.82) is 0 Å². The second-order valence-corrected chi connectivity index (χ2v) is 13.8. The first-order valence-electron chi connectivity index (χ1n) is 18.5. The number of para-hydroxylation sites is 3. The molecule has 2 nitrogen and oxygen atoms in total. The Balaban J connectivity index is 1.23. The molecule has 0 amide bonds. The first kappa shape index (κ1) is 31.6. The van der Waals surface area contributed by atoms with E-state index in [9.17, 15) is 0 Å². The van der Waals surface area contributed by atoms with Gasteiger partial charge in [0, 0.05) is 38.9 Å². The fourth-order valence-electron chi connectivity index (χ4n) is 8.08. The molecule has 0 atom stereocenters. The molecule has 0 aliphatic heterocycles. The van der Waals surface area contributed by atoms with E-state index in [0.29, 0.717) is 0 Å². The molecule has 10 aromatic rings. The maximum absolute atomic E-state index is 2.44. The molecular formula is C52H36N2. The fraction of sp³-hybridized carbons (Fsp3) is 0. The molecule has 0 unspecified atom stereocenters. The van der Waals surface area contributed by atoms with Gasteiger partial charge in [0.2, 0.25) is 0 Å². The molecule has 0 spiro atoms. The van der Waals surface area contributed by atoms with Gasteiger partial charge in [0.1, 0.15) is 0 Å². The highest BCUT2D eigenvalue weighted by Crippen LogP contribution is 2.45. The number of anilines is 3. The van der Waals surface area contributed by atoms with Gasteiger partial charge in [-0.2, -0.15) is 0 Å². The third-order valence-corrected chi connectivity index (χ3v) is 10.5. The van der Waals surface area contributed by atoms with Gasteiger partial charge < -0.3 is 9.47 Å². The predicted octanol–water partition coefficient (Wildman–Crippen LogP) is 14.4. The molecule has 0 aliphatic carbocycles. The van der Waals surface area contributed by atoms with Gasteiger partial charge in [-0.05, 0) is 105 Å². The van der Waals surface area contributed by atoms with Crippen molar-refractivity contribution in [1.82, 2.24) is 4.57 Å². The van der Waals surface area contributed by atoms with E-state index < -0.39 is 0 Å². The van der Waals surface area contributed by atoms with Crippen LogP contribution in [0.25, 0.3) is 71.6 Å². The Bertz CT molecular complexity index is 2850. The molecule has 0 N–H and O–H groups in total. The Morgan fingerprint density at radius 2 is 0.852 bits per heavy atom. The first-order chi connectivity index (χ1) is 26.8. The lowest BCUT2D eigenvalue weighted by atomic mass is 9.94. The minimum absolute atomic E-state index is 1.09. The Morgan fingerprint density at radius 3 is 1.54 bits per heavy atom. The Kier molecular flexibility index (Phi) is 7.85. The molecule has 0 aliphatic rings. The first-order valence-corrected chi connectivity index (χ1v) is 18.5. The van der Waals surface area contributed by atoms with Crippen LogP contribution in [0.4, 0.5) is 17.1 Å². The molecule has 10 rings (SSSR count). The zero-order chi connectivity index (χ0) is 35.8. The second kappa shape index (κ2) is 13.4. The summed E-state index contributed by atoms with van der Waals surface area (Å²) in [5.74, 6) is 0. The molecule has 2 heteroatoms. The van der Waals surface area contributed by atoms with Gasteiger partial charge in [0.15, 0.2) is 0 Å². The highest BCUT2D eigenvalue weighted by atomic mass is 15.1. The minimum atomic E-state index is 1.09. The van der Waals surface area contributed by atoms with Gasteiger partial charge in [-0.15, -0.1) is 0 Å². The van der Waals surface area contributed by atoms with Crippen molar-refractivity contribution in [3.8, 4) is 39.1 Å². The second-order valence-electron chi connectivity index (χ2n) is 13.8. The summed E-state index contributed by atoms with van der Waals surface area (Å²) in [4.78, 5) is 2.40. The lowest BCUT2D eigenvalue weighted by Gasteiger charge is -2.27. The lowest BCUT2D eigenvalue weighted by Crippen LogP contribution is -2.10. The summed E-state index contributed by atoms with van der Waals surface area (Å²) in [5, 5.41) is 4.96. The van der Waals surface area contributed by atoms with Crippen molar-refractivity contribution >= 4 is 49.6 Å². The maximum atomic E-state index is 2.44. The average Bonchev–Trinajstić information content (AvgIpc) is 3.60. The van der Waals surface area contributed by atoms with Crippen molar-refractivity contribution in [2.24, 2.45) is 0 Å². The molecule has 1 aromatic heterocycles. The van der Waals surface area contributed by atoms with E-state index in [2.05, 4.69) is 228 Å². The van der Waals surface area contributed by atoms with Crippen molar-refractivity contribution in [3.05, 3.63) is 218 Å². The largest absolute Gasteiger partial charge is 0.310 e. The zero-order valence-corrected chi connectivity index (χ0v) is 29.7. The van der Waals surface area contributed by atoms with E-state index in [1.54, 1.807) is 0 Å². The topological polar surface area (TPSA) is 8.17 Å². The highest BCUT2D eigenvalue weighted by molar-refractivity contribution is 6.24. The van der Waals surface area contributed by atoms with E-state index in [-0.39, 0.29) is 0 Å². The van der Waals surface area contributed by atoms with Gasteiger partial charge in [-0.25, -0.2) is 0 Å². The number of nitrogens with zero attached hydrogens (tertiary/aromatic N) is 2. The van der Waals surface area contributed by atoms with E-state index in [4.69, 9.17) is 0 Å². The zero-order valence-electron chi connectivity index (χ0n) is 29.7. The van der Waals surface area contributed by atoms with Crippen molar-refractivity contribution in [2.45, 2.75) is 0 Å². The van der Waals surface area contributed by atoms with Crippen LogP contribution < -0.4 is 4.90 Å². The Hall–Kier alpha value is -7.16. The smallest absolute Gasteiger partial charge is 0.0625 e. The summed E-state index contributed by atoms with van der Waals surface area (Å²) < 4.78 is 2.44. The summed E-state index contributed by atoms with van der Waals surface area (Å²) in [6, 6.07) is 78.9. The fourth-order valence-corrected chi connectivity index (χ4v) is 8.08. The van der Waals surface area contributed by atoms with E-state index in [1.807, 2.05) is 0 Å². The van der Waals surface area contributed by atoms with Crippen LogP contribution in [0.1, 0.15) is 0 Å². The maximum Gasteiger partial charge on any atom is 0.0625 e. The summed E-state index contributed by atoms with van der Waals surface area (Å²) in [7, 11) is 0. The van der Waals surface area contributed by atoms with E-state index in [0.717, 1.165) is 22.7 Å². The standard InChI is InChI=1S/C52H36N2/c1-5-18-37(19-6-1)41-32-42(38-20-7-2-8-21-38)35-46(34-41)53(43-24-9-3-10-25-43)45-28-17-23-39(33-45)49-36-40-22-13-14-29-47(40)52-51(49)48-30-15-16-31-50(48)54(52)44-26-11-4-12-27-44/h1-36H. The normalized spacial score (nSPS) is 11.3. The number of hydrogen-bond acceptors (Lipinski definition) is 1. The van der Waals surface area contributed by atoms with Crippen molar-refractivity contribution in [3.63, 3.8) is 0 Å². The predicted molar refractivity (Wildman–Crippen MR) is 229 cm³/mol. The average molecular weight is 689 g/mol. The SMILES string of the molecule is c1ccc(-c2cc(-c3ccccc3)cc(N(c3ccccc3)c3cccc(-c4cc5ccccc5c5c4c4ccccc4n5-c4ccccc4)c3)c2)cc1. The van der Waals surface area contributed by atoms with Gasteiger partial charge >= 0.3 is 0 Å². The van der Waals surface area contributed by atoms with Crippen LogP contribution in [0.15, 0.2) is 218 Å². The van der Waals surface area contributed by atoms with Gasteiger partial charge in [-0.3, -0.25) is 0 Å². The molecule has 0 radical (unpaired) electrons. The molecular weight excluding hydrogens is 653 g/mol. The molecule has 54 heavy (non-hydrogen) atoms. The molecule has 0 fully saturated rings. The molecule has 0 bridgehead atoms. The molecule has 0 saturated carbocycles. The van der Waals surface area contributed by atoms with Crippen molar-refractivity contribution < 1.29 is 0 Å². The highest BCUT2D eigenvalue weighted by Gasteiger charge is 2.21. The molecule has 0 saturated heterocycles. The number of fused-ring (bicyclic) bond motifs is 5. The third-order valence-electron chi connectivity index (χ3n) is 10.5. The van der Waals surface area contributed by atoms with Crippen LogP contribution >= 0.6 is 0 Å². The van der Waals surface area contributed by atoms with Gasteiger partial charge in [-0.1, -0.05) is 152 Å². The van der Waals surface area contributed by atoms with Crippen LogP contribution in [-0.2, 0) is 0 Å². The number of aromatic nitrogens is 1. The van der Waals surface area contributed by atoms with Crippen LogP contribution in [0.2, 0.25) is 0 Å². The van der Waals surface area contributed by atoms with Crippen molar-refractivity contribution in [2.75, 3.05) is 4.90 Å². The van der Waals surface area contributed by atoms with Crippen LogP contribution in [0, 0.1) is 0 Å². The minimum Gasteiger partial charge on any atom is -0.310 e. The van der Waals surface area contributed by atoms with Crippen LogP contribution in [0.3, 0.4) is 0 Å². The summed E-state index contributed by atoms with van der Waals surface area (Å²) in [6.07, 6.45) is 0. The third kappa shape index (κ3) is 5.53. The summed E-state index contributed by atoms with van der Waals surface area (Å²) in [5.41, 5.74) is 14.0. The van der Waals surface area contributed by atoms with E-state index in [1.165, 1.54) is 66.0 Å². The monoisotopic (exact) mass is 688 g/mol. The molecule has 254 valence electrons. The van der Waals surface area contributed by atoms with Crippen LogP contribution in [-0.4, -0.2) is 4.57 Å². The summed E-state index contributed by atoms with van der Waals surface area (Å²) in [6.45, 7) is 0. The Morgan fingerprint density at radius 1 is 0.333 bits per heavy atom.